The summed E-state index contributed by atoms with van der Waals surface area (Å²) in [6, 6.07) is 8.37. The van der Waals surface area contributed by atoms with Crippen LogP contribution in [0.15, 0.2) is 24.3 Å². The zero-order valence-electron chi connectivity index (χ0n) is 18.4. The first-order valence-electron chi connectivity index (χ1n) is 10.4. The number of amides is 1. The Morgan fingerprint density at radius 1 is 1.14 bits per heavy atom. The fourth-order valence-electron chi connectivity index (χ4n) is 3.50. The summed E-state index contributed by atoms with van der Waals surface area (Å²) >= 11 is 0. The second-order valence-electron chi connectivity index (χ2n) is 7.91. The van der Waals surface area contributed by atoms with Crippen LogP contribution in [0.5, 0.6) is 0 Å². The number of hydrogen-bond donors (Lipinski definition) is 1. The highest BCUT2D eigenvalue weighted by atomic mass is 16.1. The molecule has 0 unspecified atom stereocenters. The second-order valence-corrected chi connectivity index (χ2v) is 7.91. The minimum Gasteiger partial charge on any atom is -0.352 e. The average molecular weight is 385 g/mol. The van der Waals surface area contributed by atoms with Gasteiger partial charge in [-0.3, -0.25) is 14.4 Å². The van der Waals surface area contributed by atoms with E-state index in [0.717, 1.165) is 43.1 Å². The standard InChI is InChI=1S/C23H36N4O/c1-7-26(8-2)16-21-12-10-9-11-20(21)14-24-23(28)13-22-18(5)25-27(19(22)6)15-17(3)4/h9-12,17H,7-8,13-16H2,1-6H3,(H,24,28). The number of carbonyl (C=O) groups excluding carboxylic acids is 1. The van der Waals surface area contributed by atoms with Gasteiger partial charge in [0.2, 0.25) is 5.91 Å². The largest absolute Gasteiger partial charge is 0.352 e. The summed E-state index contributed by atoms with van der Waals surface area (Å²) in [4.78, 5) is 15.0. The molecule has 2 aromatic rings. The number of benzene rings is 1. The van der Waals surface area contributed by atoms with E-state index in [4.69, 9.17) is 0 Å². The lowest BCUT2D eigenvalue weighted by molar-refractivity contribution is -0.120. The molecule has 5 nitrogen and oxygen atoms in total. The van der Waals surface area contributed by atoms with Crippen molar-refractivity contribution in [3.05, 3.63) is 52.3 Å². The second kappa shape index (κ2) is 10.4. The Morgan fingerprint density at radius 3 is 2.39 bits per heavy atom. The number of nitrogens with zero attached hydrogens (tertiary/aromatic N) is 3. The third-order valence-electron chi connectivity index (χ3n) is 5.29. The van der Waals surface area contributed by atoms with E-state index in [1.54, 1.807) is 0 Å². The molecule has 5 heteroatoms. The van der Waals surface area contributed by atoms with Crippen LogP contribution >= 0.6 is 0 Å². The van der Waals surface area contributed by atoms with Crippen LogP contribution in [0.2, 0.25) is 0 Å². The van der Waals surface area contributed by atoms with E-state index >= 15 is 0 Å². The van der Waals surface area contributed by atoms with Gasteiger partial charge in [-0.25, -0.2) is 0 Å². The Balaban J connectivity index is 2.01. The van der Waals surface area contributed by atoms with Crippen molar-refractivity contribution in [1.29, 1.82) is 0 Å². The molecule has 1 N–H and O–H groups in total. The molecule has 154 valence electrons. The van der Waals surface area contributed by atoms with E-state index in [1.807, 2.05) is 17.7 Å². The lowest BCUT2D eigenvalue weighted by Crippen LogP contribution is -2.27. The zero-order chi connectivity index (χ0) is 20.7. The molecule has 1 aromatic carbocycles. The quantitative estimate of drug-likeness (QED) is 0.677. The third-order valence-corrected chi connectivity index (χ3v) is 5.29. The molecule has 28 heavy (non-hydrogen) atoms. The number of aromatic nitrogens is 2. The molecule has 0 atom stereocenters. The number of hydrogen-bond acceptors (Lipinski definition) is 3. The van der Waals surface area contributed by atoms with E-state index < -0.39 is 0 Å². The van der Waals surface area contributed by atoms with Crippen LogP contribution in [0.3, 0.4) is 0 Å². The van der Waals surface area contributed by atoms with Gasteiger partial charge in [0.05, 0.1) is 12.1 Å². The molecule has 0 aliphatic rings. The topological polar surface area (TPSA) is 50.2 Å². The fourth-order valence-corrected chi connectivity index (χ4v) is 3.50. The van der Waals surface area contributed by atoms with Gasteiger partial charge < -0.3 is 5.32 Å². The SMILES string of the molecule is CCN(CC)Cc1ccccc1CNC(=O)Cc1c(C)nn(CC(C)C)c1C. The highest BCUT2D eigenvalue weighted by molar-refractivity contribution is 5.79. The first-order chi connectivity index (χ1) is 13.3. The van der Waals surface area contributed by atoms with Crippen LogP contribution in [-0.2, 0) is 30.8 Å². The first-order valence-corrected chi connectivity index (χ1v) is 10.4. The Hall–Kier alpha value is -2.14. The number of aryl methyl sites for hydroxylation is 1. The highest BCUT2D eigenvalue weighted by Crippen LogP contribution is 2.16. The van der Waals surface area contributed by atoms with Gasteiger partial charge in [0.15, 0.2) is 0 Å². The summed E-state index contributed by atoms with van der Waals surface area (Å²) in [5, 5.41) is 7.73. The minimum atomic E-state index is 0.0490. The molecule has 1 heterocycles. The predicted molar refractivity (Wildman–Crippen MR) is 115 cm³/mol. The van der Waals surface area contributed by atoms with Gasteiger partial charge in [0, 0.05) is 30.9 Å². The van der Waals surface area contributed by atoms with Crippen molar-refractivity contribution in [3.63, 3.8) is 0 Å². The van der Waals surface area contributed by atoms with Gasteiger partial charge in [-0.2, -0.15) is 5.10 Å². The van der Waals surface area contributed by atoms with E-state index in [-0.39, 0.29) is 5.91 Å². The van der Waals surface area contributed by atoms with Crippen LogP contribution in [0.4, 0.5) is 0 Å². The Bertz CT molecular complexity index is 775. The van der Waals surface area contributed by atoms with E-state index in [0.29, 0.717) is 18.9 Å². The molecule has 0 radical (unpaired) electrons. The van der Waals surface area contributed by atoms with Gasteiger partial charge in [-0.1, -0.05) is 52.0 Å². The Morgan fingerprint density at radius 2 is 1.79 bits per heavy atom. The maximum Gasteiger partial charge on any atom is 0.224 e. The van der Waals surface area contributed by atoms with Gasteiger partial charge in [-0.15, -0.1) is 0 Å². The van der Waals surface area contributed by atoms with Gasteiger partial charge >= 0.3 is 0 Å². The van der Waals surface area contributed by atoms with E-state index in [1.165, 1.54) is 11.1 Å². The molecule has 0 saturated carbocycles. The Kier molecular flexibility index (Phi) is 8.24. The van der Waals surface area contributed by atoms with Crippen molar-refractivity contribution >= 4 is 5.91 Å². The van der Waals surface area contributed by atoms with Crippen LogP contribution in [0.25, 0.3) is 0 Å². The van der Waals surface area contributed by atoms with Crippen LogP contribution in [0, 0.1) is 19.8 Å². The number of carbonyl (C=O) groups is 1. The molecule has 0 aliphatic heterocycles. The summed E-state index contributed by atoms with van der Waals surface area (Å²) in [5.41, 5.74) is 5.57. The van der Waals surface area contributed by atoms with Crippen molar-refractivity contribution < 1.29 is 4.79 Å². The smallest absolute Gasteiger partial charge is 0.224 e. The maximum absolute atomic E-state index is 12.6. The predicted octanol–water partition coefficient (Wildman–Crippen LogP) is 3.86. The fraction of sp³-hybridized carbons (Fsp3) is 0.565. The molecule has 0 saturated heterocycles. The molecule has 1 amide bonds. The minimum absolute atomic E-state index is 0.0490. The van der Waals surface area contributed by atoms with Gasteiger partial charge in [-0.05, 0) is 44.0 Å². The highest BCUT2D eigenvalue weighted by Gasteiger charge is 2.16. The summed E-state index contributed by atoms with van der Waals surface area (Å²) in [7, 11) is 0. The van der Waals surface area contributed by atoms with Crippen LogP contribution < -0.4 is 5.32 Å². The first kappa shape index (κ1) is 22.2. The molecule has 0 fully saturated rings. The molecular formula is C23H36N4O. The summed E-state index contributed by atoms with van der Waals surface area (Å²) in [5.74, 6) is 0.579. The molecule has 1 aromatic heterocycles. The van der Waals surface area contributed by atoms with Crippen molar-refractivity contribution in [2.45, 2.75) is 67.6 Å². The summed E-state index contributed by atoms with van der Waals surface area (Å²) in [6.07, 6.45) is 0.383. The van der Waals surface area contributed by atoms with Crippen molar-refractivity contribution in [2.75, 3.05) is 13.1 Å². The number of nitrogens with one attached hydrogen (secondary N) is 1. The van der Waals surface area contributed by atoms with Crippen molar-refractivity contribution in [2.24, 2.45) is 5.92 Å². The summed E-state index contributed by atoms with van der Waals surface area (Å²) < 4.78 is 2.03. The lowest BCUT2D eigenvalue weighted by Gasteiger charge is -2.20. The molecule has 2 rings (SSSR count). The van der Waals surface area contributed by atoms with Crippen molar-refractivity contribution in [1.82, 2.24) is 20.0 Å². The van der Waals surface area contributed by atoms with E-state index in [9.17, 15) is 4.79 Å². The number of rotatable bonds is 10. The van der Waals surface area contributed by atoms with E-state index in [2.05, 4.69) is 68.1 Å². The molecule has 0 bridgehead atoms. The summed E-state index contributed by atoms with van der Waals surface area (Å²) in [6.45, 7) is 17.2. The normalized spacial score (nSPS) is 11.4. The third kappa shape index (κ3) is 5.93. The molecule has 0 spiro atoms. The maximum atomic E-state index is 12.6. The van der Waals surface area contributed by atoms with Crippen LogP contribution in [-0.4, -0.2) is 33.7 Å². The Labute approximate surface area is 170 Å². The van der Waals surface area contributed by atoms with Crippen molar-refractivity contribution in [3.8, 4) is 0 Å². The lowest BCUT2D eigenvalue weighted by atomic mass is 10.1. The van der Waals surface area contributed by atoms with Gasteiger partial charge in [0.1, 0.15) is 0 Å². The molecular weight excluding hydrogens is 348 g/mol. The molecule has 0 aliphatic carbocycles. The monoisotopic (exact) mass is 384 g/mol. The zero-order valence-corrected chi connectivity index (χ0v) is 18.4. The van der Waals surface area contributed by atoms with Crippen LogP contribution in [0.1, 0.15) is 55.8 Å². The average Bonchev–Trinajstić information content (AvgIpc) is 2.92. The van der Waals surface area contributed by atoms with Gasteiger partial charge in [0.25, 0.3) is 0 Å².